The minimum Gasteiger partial charge on any atom is -0.338 e. The van der Waals surface area contributed by atoms with Gasteiger partial charge in [-0.15, -0.1) is 0 Å². The molecular formula is C14H17BrFNO. The Kier molecular flexibility index (Phi) is 3.76. The van der Waals surface area contributed by atoms with E-state index >= 15 is 0 Å². The molecule has 0 atom stereocenters. The van der Waals surface area contributed by atoms with E-state index in [4.69, 9.17) is 0 Å². The Morgan fingerprint density at radius 1 is 1.44 bits per heavy atom. The summed E-state index contributed by atoms with van der Waals surface area (Å²) in [6.45, 7) is 5.68. The van der Waals surface area contributed by atoms with Crippen LogP contribution in [-0.4, -0.2) is 23.9 Å². The molecule has 18 heavy (non-hydrogen) atoms. The highest BCUT2D eigenvalue weighted by Crippen LogP contribution is 2.30. The van der Waals surface area contributed by atoms with E-state index in [9.17, 15) is 9.18 Å². The Hall–Kier alpha value is -0.900. The molecule has 0 bridgehead atoms. The number of carbonyl (C=O) groups is 1. The lowest BCUT2D eigenvalue weighted by Gasteiger charge is -2.38. The summed E-state index contributed by atoms with van der Waals surface area (Å²) in [6.07, 6.45) is 2.08. The molecule has 98 valence electrons. The average Bonchev–Trinajstić information content (AvgIpc) is 2.27. The third-order valence-electron chi connectivity index (χ3n) is 3.36. The van der Waals surface area contributed by atoms with Gasteiger partial charge in [0.25, 0.3) is 5.91 Å². The second-order valence-electron chi connectivity index (χ2n) is 5.59. The lowest BCUT2D eigenvalue weighted by molar-refractivity contribution is 0.0578. The Labute approximate surface area is 115 Å². The minimum atomic E-state index is -0.460. The highest BCUT2D eigenvalue weighted by atomic mass is 79.9. The van der Waals surface area contributed by atoms with Crippen molar-refractivity contribution < 1.29 is 9.18 Å². The van der Waals surface area contributed by atoms with E-state index in [0.29, 0.717) is 17.6 Å². The van der Waals surface area contributed by atoms with Gasteiger partial charge in [-0.3, -0.25) is 4.79 Å². The summed E-state index contributed by atoms with van der Waals surface area (Å²) in [5, 5.41) is 0. The molecule has 0 radical (unpaired) electrons. The zero-order valence-electron chi connectivity index (χ0n) is 10.7. The number of amides is 1. The topological polar surface area (TPSA) is 20.3 Å². The minimum absolute atomic E-state index is 0.117. The number of hydrogen-bond acceptors (Lipinski definition) is 1. The average molecular weight is 314 g/mol. The number of rotatable bonds is 1. The van der Waals surface area contributed by atoms with E-state index in [1.807, 2.05) is 0 Å². The Morgan fingerprint density at radius 2 is 2.17 bits per heavy atom. The van der Waals surface area contributed by atoms with Gasteiger partial charge in [0, 0.05) is 17.6 Å². The van der Waals surface area contributed by atoms with E-state index in [0.717, 1.165) is 12.8 Å². The third-order valence-corrected chi connectivity index (χ3v) is 4.03. The number of hydrogen-bond donors (Lipinski definition) is 0. The van der Waals surface area contributed by atoms with Crippen molar-refractivity contribution in [1.82, 2.24) is 4.90 Å². The molecule has 2 rings (SSSR count). The van der Waals surface area contributed by atoms with Crippen molar-refractivity contribution in [2.24, 2.45) is 5.41 Å². The molecule has 2 nitrogen and oxygen atoms in total. The zero-order valence-corrected chi connectivity index (χ0v) is 12.3. The molecule has 1 aromatic rings. The van der Waals surface area contributed by atoms with Gasteiger partial charge in [0.2, 0.25) is 0 Å². The lowest BCUT2D eigenvalue weighted by Crippen LogP contribution is -2.43. The maximum absolute atomic E-state index is 13.8. The maximum atomic E-state index is 13.8. The Bertz CT molecular complexity index is 453. The number of halogens is 2. The van der Waals surface area contributed by atoms with Crippen LogP contribution in [0.2, 0.25) is 0 Å². The molecule has 1 fully saturated rings. The molecule has 0 aromatic heterocycles. The fourth-order valence-corrected chi connectivity index (χ4v) is 2.97. The first kappa shape index (κ1) is 13.5. The first-order valence-corrected chi connectivity index (χ1v) is 6.93. The molecule has 1 aromatic carbocycles. The molecule has 1 saturated heterocycles. The maximum Gasteiger partial charge on any atom is 0.258 e. The molecule has 0 N–H and O–H groups in total. The summed E-state index contributed by atoms with van der Waals surface area (Å²) in [5.74, 6) is -0.675. The summed E-state index contributed by atoms with van der Waals surface area (Å²) >= 11 is 3.26. The van der Waals surface area contributed by atoms with Crippen molar-refractivity contribution in [3.8, 4) is 0 Å². The van der Waals surface area contributed by atoms with Crippen LogP contribution in [0.4, 0.5) is 4.39 Å². The van der Waals surface area contributed by atoms with Gasteiger partial charge >= 0.3 is 0 Å². The third kappa shape index (κ3) is 2.74. The normalized spacial score (nSPS) is 18.8. The SMILES string of the molecule is CC1(C)CCCN(C(=O)c2c(F)cccc2Br)C1. The van der Waals surface area contributed by atoms with Crippen LogP contribution in [0.3, 0.4) is 0 Å². The Morgan fingerprint density at radius 3 is 2.78 bits per heavy atom. The predicted molar refractivity (Wildman–Crippen MR) is 73.0 cm³/mol. The van der Waals surface area contributed by atoms with Crippen LogP contribution in [0.5, 0.6) is 0 Å². The first-order chi connectivity index (χ1) is 8.41. The van der Waals surface area contributed by atoms with Crippen LogP contribution < -0.4 is 0 Å². The number of benzene rings is 1. The van der Waals surface area contributed by atoms with E-state index in [2.05, 4.69) is 29.8 Å². The highest BCUT2D eigenvalue weighted by molar-refractivity contribution is 9.10. The number of nitrogens with zero attached hydrogens (tertiary/aromatic N) is 1. The fourth-order valence-electron chi connectivity index (χ4n) is 2.46. The first-order valence-electron chi connectivity index (χ1n) is 6.14. The largest absolute Gasteiger partial charge is 0.338 e. The van der Waals surface area contributed by atoms with E-state index in [1.165, 1.54) is 6.07 Å². The van der Waals surface area contributed by atoms with Crippen molar-refractivity contribution in [1.29, 1.82) is 0 Å². The highest BCUT2D eigenvalue weighted by Gasteiger charge is 2.31. The molecule has 0 aliphatic carbocycles. The van der Waals surface area contributed by atoms with Gasteiger partial charge in [-0.1, -0.05) is 19.9 Å². The fraction of sp³-hybridized carbons (Fsp3) is 0.500. The van der Waals surface area contributed by atoms with Gasteiger partial charge < -0.3 is 4.90 Å². The van der Waals surface area contributed by atoms with E-state index in [-0.39, 0.29) is 16.9 Å². The summed E-state index contributed by atoms with van der Waals surface area (Å²) in [4.78, 5) is 14.1. The quantitative estimate of drug-likeness (QED) is 0.771. The summed E-state index contributed by atoms with van der Waals surface area (Å²) in [7, 11) is 0. The van der Waals surface area contributed by atoms with Crippen molar-refractivity contribution in [3.05, 3.63) is 34.1 Å². The number of likely N-dealkylation sites (tertiary alicyclic amines) is 1. The monoisotopic (exact) mass is 313 g/mol. The second-order valence-corrected chi connectivity index (χ2v) is 6.45. The van der Waals surface area contributed by atoms with Gasteiger partial charge in [0.05, 0.1) is 5.56 Å². The second kappa shape index (κ2) is 5.00. The predicted octanol–water partition coefficient (Wildman–Crippen LogP) is 3.85. The van der Waals surface area contributed by atoms with Crippen molar-refractivity contribution in [2.75, 3.05) is 13.1 Å². The smallest absolute Gasteiger partial charge is 0.258 e. The molecule has 1 heterocycles. The Balaban J connectivity index is 2.26. The standard InChI is InChI=1S/C14H17BrFNO/c1-14(2)7-4-8-17(9-14)13(18)12-10(15)5-3-6-11(12)16/h3,5-6H,4,7-9H2,1-2H3. The summed E-state index contributed by atoms with van der Waals surface area (Å²) in [5.41, 5.74) is 0.265. The number of carbonyl (C=O) groups excluding carboxylic acids is 1. The van der Waals surface area contributed by atoms with Crippen molar-refractivity contribution >= 4 is 21.8 Å². The van der Waals surface area contributed by atoms with Gasteiger partial charge in [0.15, 0.2) is 0 Å². The van der Waals surface area contributed by atoms with Gasteiger partial charge in [-0.2, -0.15) is 0 Å². The molecule has 4 heteroatoms. The molecule has 0 saturated carbocycles. The molecule has 0 unspecified atom stereocenters. The number of piperidine rings is 1. The zero-order chi connectivity index (χ0) is 13.3. The van der Waals surface area contributed by atoms with Gasteiger partial charge in [-0.05, 0) is 46.3 Å². The van der Waals surface area contributed by atoms with Crippen LogP contribution in [0.25, 0.3) is 0 Å². The summed E-state index contributed by atoms with van der Waals surface area (Å²) in [6, 6.07) is 4.62. The van der Waals surface area contributed by atoms with Crippen LogP contribution in [0, 0.1) is 11.2 Å². The molecule has 1 aliphatic heterocycles. The molecular weight excluding hydrogens is 297 g/mol. The molecule has 0 spiro atoms. The van der Waals surface area contributed by atoms with E-state index < -0.39 is 5.82 Å². The van der Waals surface area contributed by atoms with Gasteiger partial charge in [0.1, 0.15) is 5.82 Å². The lowest BCUT2D eigenvalue weighted by atomic mass is 9.84. The van der Waals surface area contributed by atoms with Crippen LogP contribution >= 0.6 is 15.9 Å². The van der Waals surface area contributed by atoms with E-state index in [1.54, 1.807) is 17.0 Å². The van der Waals surface area contributed by atoms with Crippen LogP contribution in [0.15, 0.2) is 22.7 Å². The molecule has 1 aliphatic rings. The van der Waals surface area contributed by atoms with Crippen molar-refractivity contribution in [2.45, 2.75) is 26.7 Å². The summed E-state index contributed by atoms with van der Waals surface area (Å²) < 4.78 is 14.3. The van der Waals surface area contributed by atoms with Crippen LogP contribution in [-0.2, 0) is 0 Å². The van der Waals surface area contributed by atoms with Gasteiger partial charge in [-0.25, -0.2) is 4.39 Å². The molecule has 1 amide bonds. The van der Waals surface area contributed by atoms with Crippen LogP contribution in [0.1, 0.15) is 37.0 Å². The van der Waals surface area contributed by atoms with Crippen molar-refractivity contribution in [3.63, 3.8) is 0 Å².